The molecule has 78 valence electrons. The van der Waals surface area contributed by atoms with Crippen LogP contribution in [-0.2, 0) is 0 Å². The normalized spacial score (nSPS) is 12.7. The van der Waals surface area contributed by atoms with Gasteiger partial charge >= 0.3 is 0 Å². The molecule has 0 aliphatic heterocycles. The number of thiophene rings is 1. The first-order chi connectivity index (χ1) is 7.18. The molecule has 1 heterocycles. The Balaban J connectivity index is 2.32. The molecule has 0 aliphatic rings. The minimum absolute atomic E-state index is 0.134. The van der Waals surface area contributed by atoms with Gasteiger partial charge in [0.25, 0.3) is 0 Å². The molecule has 15 heavy (non-hydrogen) atoms. The van der Waals surface area contributed by atoms with Gasteiger partial charge in [-0.15, -0.1) is 11.3 Å². The molecule has 0 aliphatic carbocycles. The summed E-state index contributed by atoms with van der Waals surface area (Å²) in [6.45, 7) is 0. The second-order valence-electron chi connectivity index (χ2n) is 3.16. The molecule has 0 saturated heterocycles. The topological polar surface area (TPSA) is 26.0 Å². The van der Waals surface area contributed by atoms with Gasteiger partial charge in [0, 0.05) is 9.35 Å². The molecule has 1 unspecified atom stereocenters. The number of rotatable bonds is 2. The fourth-order valence-electron chi connectivity index (χ4n) is 1.35. The van der Waals surface area contributed by atoms with Gasteiger partial charge in [-0.3, -0.25) is 0 Å². The van der Waals surface area contributed by atoms with E-state index in [4.69, 9.17) is 17.3 Å². The lowest BCUT2D eigenvalue weighted by Gasteiger charge is -2.10. The van der Waals surface area contributed by atoms with Crippen LogP contribution in [0, 0.1) is 0 Å². The van der Waals surface area contributed by atoms with E-state index in [0.717, 1.165) is 19.9 Å². The fraction of sp³-hybridized carbons (Fsp3) is 0.0909. The molecule has 0 amide bonds. The molecule has 0 saturated carbocycles. The van der Waals surface area contributed by atoms with Gasteiger partial charge in [0.1, 0.15) is 0 Å². The van der Waals surface area contributed by atoms with Gasteiger partial charge in [-0.1, -0.05) is 39.7 Å². The highest BCUT2D eigenvalue weighted by Gasteiger charge is 2.13. The number of halogens is 2. The maximum Gasteiger partial charge on any atom is 0.0661 e. The molecule has 1 atom stereocenters. The summed E-state index contributed by atoms with van der Waals surface area (Å²) in [5.74, 6) is 0. The zero-order valence-corrected chi connectivity index (χ0v) is 10.9. The summed E-state index contributed by atoms with van der Waals surface area (Å²) in [4.78, 5) is 1.01. The molecule has 2 rings (SSSR count). The Bertz CT molecular complexity index is 452. The highest BCUT2D eigenvalue weighted by molar-refractivity contribution is 9.10. The van der Waals surface area contributed by atoms with Crippen LogP contribution in [0.2, 0.25) is 5.02 Å². The average molecular weight is 303 g/mol. The molecule has 1 nitrogen and oxygen atoms in total. The Hall–Kier alpha value is -0.350. The molecule has 1 aromatic heterocycles. The standard InChI is InChI=1S/C11H9BrClNS/c12-8-3-1-7(2-4-8)10(14)11-9(13)5-6-15-11/h1-6,10H,14H2. The van der Waals surface area contributed by atoms with Crippen molar-refractivity contribution < 1.29 is 0 Å². The van der Waals surface area contributed by atoms with Crippen LogP contribution in [0.25, 0.3) is 0 Å². The van der Waals surface area contributed by atoms with Crippen molar-refractivity contribution in [3.8, 4) is 0 Å². The van der Waals surface area contributed by atoms with Crippen molar-refractivity contribution in [3.63, 3.8) is 0 Å². The van der Waals surface area contributed by atoms with Gasteiger partial charge in [-0.25, -0.2) is 0 Å². The van der Waals surface area contributed by atoms with Gasteiger partial charge < -0.3 is 5.73 Å². The number of hydrogen-bond donors (Lipinski definition) is 1. The van der Waals surface area contributed by atoms with E-state index in [0.29, 0.717) is 0 Å². The highest BCUT2D eigenvalue weighted by Crippen LogP contribution is 2.31. The van der Waals surface area contributed by atoms with Crippen molar-refractivity contribution in [3.05, 3.63) is 55.6 Å². The van der Waals surface area contributed by atoms with Crippen LogP contribution in [0.15, 0.2) is 40.2 Å². The molecular weight excluding hydrogens is 294 g/mol. The summed E-state index contributed by atoms with van der Waals surface area (Å²) in [6.07, 6.45) is 0. The fourth-order valence-corrected chi connectivity index (χ4v) is 2.82. The predicted octanol–water partition coefficient (Wildman–Crippen LogP) is 4.21. The molecule has 4 heteroatoms. The van der Waals surface area contributed by atoms with E-state index in [-0.39, 0.29) is 6.04 Å². The van der Waals surface area contributed by atoms with E-state index in [1.54, 1.807) is 11.3 Å². The zero-order chi connectivity index (χ0) is 10.8. The van der Waals surface area contributed by atoms with E-state index in [2.05, 4.69) is 15.9 Å². The van der Waals surface area contributed by atoms with Crippen LogP contribution in [0.5, 0.6) is 0 Å². The first-order valence-electron chi connectivity index (χ1n) is 4.42. The lowest BCUT2D eigenvalue weighted by Crippen LogP contribution is -2.10. The van der Waals surface area contributed by atoms with Gasteiger partial charge in [0.2, 0.25) is 0 Å². The van der Waals surface area contributed by atoms with Crippen molar-refractivity contribution in [2.45, 2.75) is 6.04 Å². The van der Waals surface area contributed by atoms with Gasteiger partial charge in [0.15, 0.2) is 0 Å². The summed E-state index contributed by atoms with van der Waals surface area (Å²) < 4.78 is 1.05. The van der Waals surface area contributed by atoms with E-state index in [1.807, 2.05) is 35.7 Å². The van der Waals surface area contributed by atoms with E-state index in [9.17, 15) is 0 Å². The van der Waals surface area contributed by atoms with Gasteiger partial charge in [0.05, 0.1) is 11.1 Å². The molecule has 0 radical (unpaired) electrons. The lowest BCUT2D eigenvalue weighted by molar-refractivity contribution is 0.893. The van der Waals surface area contributed by atoms with Crippen molar-refractivity contribution in [2.75, 3.05) is 0 Å². The second-order valence-corrected chi connectivity index (χ2v) is 5.43. The van der Waals surface area contributed by atoms with E-state index in [1.165, 1.54) is 0 Å². The van der Waals surface area contributed by atoms with Gasteiger partial charge in [-0.2, -0.15) is 0 Å². The maximum atomic E-state index is 6.12. The predicted molar refractivity (Wildman–Crippen MR) is 69.5 cm³/mol. The zero-order valence-electron chi connectivity index (χ0n) is 7.78. The summed E-state index contributed by atoms with van der Waals surface area (Å²) in [6, 6.07) is 9.72. The third kappa shape index (κ3) is 2.42. The van der Waals surface area contributed by atoms with E-state index < -0.39 is 0 Å². The minimum atomic E-state index is -0.134. The van der Waals surface area contributed by atoms with Gasteiger partial charge in [-0.05, 0) is 29.1 Å². The van der Waals surface area contributed by atoms with Crippen molar-refractivity contribution in [2.24, 2.45) is 5.73 Å². The highest BCUT2D eigenvalue weighted by atomic mass is 79.9. The van der Waals surface area contributed by atoms with E-state index >= 15 is 0 Å². The Morgan fingerprint density at radius 3 is 2.40 bits per heavy atom. The smallest absolute Gasteiger partial charge is 0.0661 e. The first-order valence-corrected chi connectivity index (χ1v) is 6.47. The Labute approximate surface area is 106 Å². The largest absolute Gasteiger partial charge is 0.320 e. The van der Waals surface area contributed by atoms with Crippen LogP contribution in [-0.4, -0.2) is 0 Å². The number of nitrogens with two attached hydrogens (primary N) is 1. The van der Waals surface area contributed by atoms with Crippen LogP contribution in [0.1, 0.15) is 16.5 Å². The Morgan fingerprint density at radius 1 is 1.20 bits per heavy atom. The average Bonchev–Trinajstić information content (AvgIpc) is 2.65. The third-order valence-corrected chi connectivity index (χ3v) is 4.13. The maximum absolute atomic E-state index is 6.12. The summed E-state index contributed by atoms with van der Waals surface area (Å²) >= 11 is 11.0. The monoisotopic (exact) mass is 301 g/mol. The Kier molecular flexibility index (Phi) is 3.46. The summed E-state index contributed by atoms with van der Waals surface area (Å²) in [7, 11) is 0. The number of hydrogen-bond acceptors (Lipinski definition) is 2. The first kappa shape index (κ1) is 11.1. The summed E-state index contributed by atoms with van der Waals surface area (Å²) in [5, 5.41) is 2.70. The second kappa shape index (κ2) is 4.66. The molecule has 2 N–H and O–H groups in total. The SMILES string of the molecule is NC(c1ccc(Br)cc1)c1sccc1Cl. The summed E-state index contributed by atoms with van der Waals surface area (Å²) in [5.41, 5.74) is 7.19. The molecule has 0 spiro atoms. The molecule has 2 aromatic rings. The third-order valence-electron chi connectivity index (χ3n) is 2.16. The molecule has 0 fully saturated rings. The Morgan fingerprint density at radius 2 is 1.87 bits per heavy atom. The van der Waals surface area contributed by atoms with Crippen LogP contribution >= 0.6 is 38.9 Å². The number of benzene rings is 1. The van der Waals surface area contributed by atoms with Crippen molar-refractivity contribution >= 4 is 38.9 Å². The lowest BCUT2D eigenvalue weighted by atomic mass is 10.1. The van der Waals surface area contributed by atoms with Crippen LogP contribution < -0.4 is 5.73 Å². The minimum Gasteiger partial charge on any atom is -0.320 e. The molecular formula is C11H9BrClNS. The van der Waals surface area contributed by atoms with Crippen LogP contribution in [0.3, 0.4) is 0 Å². The van der Waals surface area contributed by atoms with Crippen LogP contribution in [0.4, 0.5) is 0 Å². The molecule has 0 bridgehead atoms. The molecule has 1 aromatic carbocycles. The van der Waals surface area contributed by atoms with Crippen molar-refractivity contribution in [1.82, 2.24) is 0 Å². The van der Waals surface area contributed by atoms with Crippen molar-refractivity contribution in [1.29, 1.82) is 0 Å². The quantitative estimate of drug-likeness (QED) is 0.883.